The van der Waals surface area contributed by atoms with Crippen LogP contribution in [0.25, 0.3) is 11.0 Å². The smallest absolute Gasteiger partial charge is 0.166 e. The predicted octanol–water partition coefficient (Wildman–Crippen LogP) is 4.98. The molecule has 0 unspecified atom stereocenters. The third-order valence-corrected chi connectivity index (χ3v) is 3.29. The first-order valence-corrected chi connectivity index (χ1v) is 6.82. The van der Waals surface area contributed by atoms with Gasteiger partial charge in [-0.1, -0.05) is 50.8 Å². The zero-order valence-electron chi connectivity index (χ0n) is 10.9. The number of para-hydroxylation sites is 1. The van der Waals surface area contributed by atoms with Crippen LogP contribution in [0.4, 0.5) is 0 Å². The second kappa shape index (κ2) is 6.39. The van der Waals surface area contributed by atoms with Crippen LogP contribution < -0.4 is 0 Å². The molecule has 0 aliphatic rings. The van der Waals surface area contributed by atoms with Crippen molar-refractivity contribution in [2.45, 2.75) is 45.4 Å². The van der Waals surface area contributed by atoms with Crippen LogP contribution in [0.3, 0.4) is 0 Å². The fraction of sp³-hybridized carbons (Fsp3) is 0.438. The number of rotatable bonds is 7. The second-order valence-corrected chi connectivity index (χ2v) is 4.73. The number of carbonyl (C=O) groups is 1. The van der Waals surface area contributed by atoms with Gasteiger partial charge in [0.15, 0.2) is 5.78 Å². The average Bonchev–Trinajstić information content (AvgIpc) is 2.82. The number of carbonyl (C=O) groups excluding carboxylic acids is 1. The van der Waals surface area contributed by atoms with E-state index in [0.717, 1.165) is 29.4 Å². The highest BCUT2D eigenvalue weighted by Crippen LogP contribution is 2.22. The molecule has 0 radical (unpaired) electrons. The SMILES string of the molecule is CCCCCCCC(=O)c1coc2ccccc12. The van der Waals surface area contributed by atoms with Crippen LogP contribution in [0.1, 0.15) is 55.8 Å². The first kappa shape index (κ1) is 12.9. The molecule has 96 valence electrons. The van der Waals surface area contributed by atoms with E-state index in [1.807, 2.05) is 24.3 Å². The van der Waals surface area contributed by atoms with Crippen LogP contribution in [0.15, 0.2) is 34.9 Å². The largest absolute Gasteiger partial charge is 0.464 e. The lowest BCUT2D eigenvalue weighted by molar-refractivity contribution is 0.0980. The number of fused-ring (bicyclic) bond motifs is 1. The van der Waals surface area contributed by atoms with Crippen LogP contribution in [-0.4, -0.2) is 5.78 Å². The standard InChI is InChI=1S/C16H20O2/c1-2-3-4-5-6-10-15(17)14-12-18-16-11-8-7-9-13(14)16/h7-9,11-12H,2-6,10H2,1H3. The van der Waals surface area contributed by atoms with Gasteiger partial charge in [0.1, 0.15) is 11.8 Å². The van der Waals surface area contributed by atoms with E-state index in [-0.39, 0.29) is 5.78 Å². The second-order valence-electron chi connectivity index (χ2n) is 4.73. The number of Topliss-reactive ketones (excluding diaryl/α,β-unsaturated/α-hetero) is 1. The lowest BCUT2D eigenvalue weighted by Crippen LogP contribution is -1.97. The Labute approximate surface area is 108 Å². The van der Waals surface area contributed by atoms with E-state index in [4.69, 9.17) is 4.42 Å². The highest BCUT2D eigenvalue weighted by atomic mass is 16.3. The predicted molar refractivity (Wildman–Crippen MR) is 73.9 cm³/mol. The maximum absolute atomic E-state index is 12.1. The third-order valence-electron chi connectivity index (χ3n) is 3.29. The number of furan rings is 1. The Morgan fingerprint density at radius 3 is 2.72 bits per heavy atom. The molecule has 2 aromatic rings. The summed E-state index contributed by atoms with van der Waals surface area (Å²) >= 11 is 0. The summed E-state index contributed by atoms with van der Waals surface area (Å²) in [5.74, 6) is 0.205. The van der Waals surface area contributed by atoms with Crippen molar-refractivity contribution in [3.05, 3.63) is 36.1 Å². The van der Waals surface area contributed by atoms with Gasteiger partial charge in [-0.3, -0.25) is 4.79 Å². The molecule has 2 heteroatoms. The fourth-order valence-corrected chi connectivity index (χ4v) is 2.22. The molecular weight excluding hydrogens is 224 g/mol. The fourth-order valence-electron chi connectivity index (χ4n) is 2.22. The normalized spacial score (nSPS) is 10.9. The lowest BCUT2D eigenvalue weighted by Gasteiger charge is -1.99. The van der Waals surface area contributed by atoms with E-state index >= 15 is 0 Å². The van der Waals surface area contributed by atoms with Gasteiger partial charge in [0.25, 0.3) is 0 Å². The topological polar surface area (TPSA) is 30.2 Å². The molecule has 0 fully saturated rings. The average molecular weight is 244 g/mol. The molecule has 0 atom stereocenters. The summed E-state index contributed by atoms with van der Waals surface area (Å²) < 4.78 is 5.39. The number of hydrogen-bond acceptors (Lipinski definition) is 2. The molecule has 0 aliphatic heterocycles. The number of unbranched alkanes of at least 4 members (excludes halogenated alkanes) is 4. The molecule has 0 spiro atoms. The molecule has 0 amide bonds. The summed E-state index contributed by atoms with van der Waals surface area (Å²) in [5, 5.41) is 0.941. The lowest BCUT2D eigenvalue weighted by atomic mass is 10.0. The highest BCUT2D eigenvalue weighted by Gasteiger charge is 2.12. The molecule has 18 heavy (non-hydrogen) atoms. The Kier molecular flexibility index (Phi) is 4.57. The number of benzene rings is 1. The molecule has 2 rings (SSSR count). The minimum absolute atomic E-state index is 0.205. The molecule has 0 saturated heterocycles. The summed E-state index contributed by atoms with van der Waals surface area (Å²) in [5.41, 5.74) is 1.54. The summed E-state index contributed by atoms with van der Waals surface area (Å²) in [6, 6.07) is 7.71. The Morgan fingerprint density at radius 1 is 1.11 bits per heavy atom. The summed E-state index contributed by atoms with van der Waals surface area (Å²) in [4.78, 5) is 12.1. The quantitative estimate of drug-likeness (QED) is 0.508. The monoisotopic (exact) mass is 244 g/mol. The van der Waals surface area contributed by atoms with E-state index in [2.05, 4.69) is 6.92 Å². The van der Waals surface area contributed by atoms with E-state index in [9.17, 15) is 4.79 Å². The van der Waals surface area contributed by atoms with Crippen LogP contribution in [0, 0.1) is 0 Å². The number of ketones is 1. The van der Waals surface area contributed by atoms with Crippen molar-refractivity contribution in [1.29, 1.82) is 0 Å². The van der Waals surface area contributed by atoms with E-state index in [1.54, 1.807) is 6.26 Å². The molecule has 1 aromatic carbocycles. The third kappa shape index (κ3) is 3.00. The van der Waals surface area contributed by atoms with E-state index in [0.29, 0.717) is 6.42 Å². The Bertz CT molecular complexity index is 511. The molecule has 1 heterocycles. The van der Waals surface area contributed by atoms with Crippen molar-refractivity contribution in [2.75, 3.05) is 0 Å². The molecule has 0 bridgehead atoms. The minimum Gasteiger partial charge on any atom is -0.464 e. The zero-order valence-corrected chi connectivity index (χ0v) is 10.9. The van der Waals surface area contributed by atoms with Crippen molar-refractivity contribution >= 4 is 16.8 Å². The number of hydrogen-bond donors (Lipinski definition) is 0. The van der Waals surface area contributed by atoms with Crippen LogP contribution >= 0.6 is 0 Å². The molecule has 0 N–H and O–H groups in total. The Hall–Kier alpha value is -1.57. The minimum atomic E-state index is 0.205. The highest BCUT2D eigenvalue weighted by molar-refractivity contribution is 6.06. The maximum atomic E-state index is 12.1. The van der Waals surface area contributed by atoms with E-state index in [1.165, 1.54) is 19.3 Å². The van der Waals surface area contributed by atoms with Crippen LogP contribution in [0.5, 0.6) is 0 Å². The summed E-state index contributed by atoms with van der Waals surface area (Å²) in [7, 11) is 0. The molecule has 0 aliphatic carbocycles. The van der Waals surface area contributed by atoms with Crippen molar-refractivity contribution in [3.8, 4) is 0 Å². The Balaban J connectivity index is 1.93. The van der Waals surface area contributed by atoms with Gasteiger partial charge in [0.05, 0.1) is 5.56 Å². The van der Waals surface area contributed by atoms with Gasteiger partial charge in [0.2, 0.25) is 0 Å². The van der Waals surface area contributed by atoms with Gasteiger partial charge in [-0.25, -0.2) is 0 Å². The van der Waals surface area contributed by atoms with Crippen molar-refractivity contribution in [1.82, 2.24) is 0 Å². The Morgan fingerprint density at radius 2 is 1.89 bits per heavy atom. The van der Waals surface area contributed by atoms with Gasteiger partial charge in [0, 0.05) is 11.8 Å². The van der Waals surface area contributed by atoms with Gasteiger partial charge in [-0.2, -0.15) is 0 Å². The first-order valence-electron chi connectivity index (χ1n) is 6.82. The molecule has 2 nitrogen and oxygen atoms in total. The van der Waals surface area contributed by atoms with Gasteiger partial charge < -0.3 is 4.42 Å². The summed E-state index contributed by atoms with van der Waals surface area (Å²) in [6.45, 7) is 2.20. The van der Waals surface area contributed by atoms with Gasteiger partial charge >= 0.3 is 0 Å². The molecular formula is C16H20O2. The van der Waals surface area contributed by atoms with Crippen molar-refractivity contribution < 1.29 is 9.21 Å². The van der Waals surface area contributed by atoms with E-state index < -0.39 is 0 Å². The molecule has 1 aromatic heterocycles. The van der Waals surface area contributed by atoms with Gasteiger partial charge in [-0.05, 0) is 12.5 Å². The first-order chi connectivity index (χ1) is 8.83. The van der Waals surface area contributed by atoms with Crippen LogP contribution in [-0.2, 0) is 0 Å². The zero-order chi connectivity index (χ0) is 12.8. The maximum Gasteiger partial charge on any atom is 0.166 e. The van der Waals surface area contributed by atoms with Gasteiger partial charge in [-0.15, -0.1) is 0 Å². The van der Waals surface area contributed by atoms with Crippen LogP contribution in [0.2, 0.25) is 0 Å². The van der Waals surface area contributed by atoms with Crippen molar-refractivity contribution in [2.24, 2.45) is 0 Å². The molecule has 0 saturated carbocycles. The van der Waals surface area contributed by atoms with Crippen molar-refractivity contribution in [3.63, 3.8) is 0 Å². The summed E-state index contributed by atoms with van der Waals surface area (Å²) in [6.07, 6.45) is 8.10.